The van der Waals surface area contributed by atoms with Gasteiger partial charge in [0.15, 0.2) is 21.3 Å². The van der Waals surface area contributed by atoms with Crippen LogP contribution < -0.4 is 25.4 Å². The average Bonchev–Trinajstić information content (AvgIpc) is 3.66. The third kappa shape index (κ3) is 6.57. The van der Waals surface area contributed by atoms with Gasteiger partial charge >= 0.3 is 6.09 Å². The first-order valence-corrected chi connectivity index (χ1v) is 16.9. The standard InChI is InChI=1S/C34H40N4O8S/c1-19(2)47(42,43)30-14-11-23(37-34(41)46-6)18-26(30)27-8-7-15-38(27)33(40)31(21-9-13-28(44-4)29(16-21)45-5)36-22-10-12-24-20(3)35-32(39)25(24)17-22/h9-14,16-20,27,31,36H,7-8,15H2,1-6H3,(H,35,39)(H,37,41)/t20?,27?,31-/m1/s1. The van der Waals surface area contributed by atoms with Gasteiger partial charge in [-0.05, 0) is 92.8 Å². The van der Waals surface area contributed by atoms with Crippen molar-refractivity contribution >= 4 is 39.1 Å². The van der Waals surface area contributed by atoms with Crippen LogP contribution in [0.3, 0.4) is 0 Å². The van der Waals surface area contributed by atoms with Crippen molar-refractivity contribution in [1.29, 1.82) is 0 Å². The Morgan fingerprint density at radius 2 is 1.66 bits per heavy atom. The van der Waals surface area contributed by atoms with Crippen LogP contribution in [0.1, 0.15) is 78.8 Å². The molecule has 0 saturated carbocycles. The second-order valence-electron chi connectivity index (χ2n) is 11.8. The van der Waals surface area contributed by atoms with E-state index in [1.807, 2.05) is 19.1 Å². The Hall–Kier alpha value is -4.78. The molecule has 3 atom stereocenters. The maximum atomic E-state index is 14.7. The van der Waals surface area contributed by atoms with E-state index in [9.17, 15) is 22.8 Å². The summed E-state index contributed by atoms with van der Waals surface area (Å²) in [4.78, 5) is 41.2. The Bertz CT molecular complexity index is 1810. The predicted octanol–water partition coefficient (Wildman–Crippen LogP) is 5.39. The molecule has 5 rings (SSSR count). The largest absolute Gasteiger partial charge is 0.493 e. The summed E-state index contributed by atoms with van der Waals surface area (Å²) in [6.07, 6.45) is 0.427. The summed E-state index contributed by atoms with van der Waals surface area (Å²) in [5.41, 5.74) is 3.28. The van der Waals surface area contributed by atoms with Crippen molar-refractivity contribution in [2.45, 2.75) is 61.9 Å². The average molecular weight is 665 g/mol. The highest BCUT2D eigenvalue weighted by Crippen LogP contribution is 2.41. The number of amides is 3. The van der Waals surface area contributed by atoms with Crippen LogP contribution in [0.4, 0.5) is 16.2 Å². The van der Waals surface area contributed by atoms with Gasteiger partial charge in [0.2, 0.25) is 5.91 Å². The van der Waals surface area contributed by atoms with Crippen molar-refractivity contribution in [3.05, 3.63) is 76.9 Å². The molecule has 0 aliphatic carbocycles. The van der Waals surface area contributed by atoms with Crippen LogP contribution in [0.15, 0.2) is 59.5 Å². The summed E-state index contributed by atoms with van der Waals surface area (Å²) in [6.45, 7) is 5.48. The third-order valence-corrected chi connectivity index (χ3v) is 10.9. The van der Waals surface area contributed by atoms with Gasteiger partial charge in [-0.1, -0.05) is 12.1 Å². The van der Waals surface area contributed by atoms with Gasteiger partial charge in [0.25, 0.3) is 5.91 Å². The number of hydrogen-bond donors (Lipinski definition) is 3. The van der Waals surface area contributed by atoms with E-state index >= 15 is 0 Å². The molecule has 12 nitrogen and oxygen atoms in total. The zero-order valence-electron chi connectivity index (χ0n) is 27.2. The second kappa shape index (κ2) is 13.5. The fourth-order valence-electron chi connectivity index (χ4n) is 6.15. The Morgan fingerprint density at radius 3 is 2.34 bits per heavy atom. The minimum absolute atomic E-state index is 0.0991. The molecule has 2 aliphatic rings. The second-order valence-corrected chi connectivity index (χ2v) is 14.3. The summed E-state index contributed by atoms with van der Waals surface area (Å²) in [7, 11) is 0.505. The number of likely N-dealkylation sites (tertiary alicyclic amines) is 1. The van der Waals surface area contributed by atoms with E-state index in [1.54, 1.807) is 49.1 Å². The number of rotatable bonds is 10. The first-order chi connectivity index (χ1) is 22.4. The Kier molecular flexibility index (Phi) is 9.66. The highest BCUT2D eigenvalue weighted by molar-refractivity contribution is 7.92. The maximum absolute atomic E-state index is 14.7. The number of fused-ring (bicyclic) bond motifs is 1. The van der Waals surface area contributed by atoms with E-state index in [1.165, 1.54) is 33.5 Å². The summed E-state index contributed by atoms with van der Waals surface area (Å²) in [6, 6.07) is 13.5. The molecule has 1 fully saturated rings. The molecule has 2 aliphatic heterocycles. The molecule has 0 aromatic heterocycles. The van der Waals surface area contributed by atoms with Crippen LogP contribution in [0.2, 0.25) is 0 Å². The van der Waals surface area contributed by atoms with E-state index in [-0.39, 0.29) is 22.8 Å². The van der Waals surface area contributed by atoms with Crippen LogP contribution in [-0.4, -0.2) is 64.3 Å². The molecule has 3 aromatic rings. The molecule has 2 heterocycles. The lowest BCUT2D eigenvalue weighted by Crippen LogP contribution is -2.38. The highest BCUT2D eigenvalue weighted by Gasteiger charge is 2.38. The fourth-order valence-corrected chi connectivity index (χ4v) is 7.44. The smallest absolute Gasteiger partial charge is 0.411 e. The Morgan fingerprint density at radius 1 is 0.936 bits per heavy atom. The number of nitrogens with one attached hydrogen (secondary N) is 3. The number of carbonyl (C=O) groups excluding carboxylic acids is 3. The summed E-state index contributed by atoms with van der Waals surface area (Å²) in [5.74, 6) is 0.418. The summed E-state index contributed by atoms with van der Waals surface area (Å²) < 4.78 is 42.8. The molecule has 0 bridgehead atoms. The molecule has 3 amide bonds. The first kappa shape index (κ1) is 33.6. The topological polar surface area (TPSA) is 152 Å². The van der Waals surface area contributed by atoms with Crippen molar-refractivity contribution < 1.29 is 37.0 Å². The number of methoxy groups -OCH3 is 3. The van der Waals surface area contributed by atoms with E-state index in [0.717, 1.165) is 5.56 Å². The third-order valence-electron chi connectivity index (χ3n) is 8.67. The van der Waals surface area contributed by atoms with Gasteiger partial charge in [-0.25, -0.2) is 13.2 Å². The Balaban J connectivity index is 1.59. The lowest BCUT2D eigenvalue weighted by atomic mass is 10.00. The monoisotopic (exact) mass is 664 g/mol. The lowest BCUT2D eigenvalue weighted by molar-refractivity contribution is -0.133. The van der Waals surface area contributed by atoms with Crippen LogP contribution in [0, 0.1) is 0 Å². The quantitative estimate of drug-likeness (QED) is 0.259. The number of sulfone groups is 1. The van der Waals surface area contributed by atoms with Gasteiger partial charge in [0.1, 0.15) is 6.04 Å². The minimum Gasteiger partial charge on any atom is -0.493 e. The molecular weight excluding hydrogens is 624 g/mol. The number of ether oxygens (including phenoxy) is 3. The number of carbonyl (C=O) groups is 3. The van der Waals surface area contributed by atoms with Gasteiger partial charge in [0, 0.05) is 23.5 Å². The molecule has 3 aromatic carbocycles. The van der Waals surface area contributed by atoms with E-state index < -0.39 is 33.3 Å². The SMILES string of the molecule is COC(=O)Nc1ccc(S(=O)(=O)C(C)C)c(C2CCCN2C(=O)[C@H](Nc2ccc3c(c2)C(=O)NC3C)c2ccc(OC)c(OC)c2)c1. The summed E-state index contributed by atoms with van der Waals surface area (Å²) in [5, 5.41) is 8.14. The lowest BCUT2D eigenvalue weighted by Gasteiger charge is -2.32. The number of hydrogen-bond acceptors (Lipinski definition) is 9. The van der Waals surface area contributed by atoms with Crippen molar-refractivity contribution in [2.24, 2.45) is 0 Å². The molecule has 0 radical (unpaired) electrons. The van der Waals surface area contributed by atoms with E-state index in [4.69, 9.17) is 14.2 Å². The molecular formula is C34H40N4O8S. The number of anilines is 2. The normalized spacial score (nSPS) is 17.9. The zero-order chi connectivity index (χ0) is 34.0. The molecule has 1 saturated heterocycles. The van der Waals surface area contributed by atoms with Crippen molar-refractivity contribution in [3.63, 3.8) is 0 Å². The van der Waals surface area contributed by atoms with E-state index in [2.05, 4.69) is 16.0 Å². The Labute approximate surface area is 274 Å². The van der Waals surface area contributed by atoms with Gasteiger partial charge in [-0.2, -0.15) is 0 Å². The summed E-state index contributed by atoms with van der Waals surface area (Å²) >= 11 is 0. The number of nitrogens with zero attached hydrogens (tertiary/aromatic N) is 1. The van der Waals surface area contributed by atoms with Crippen molar-refractivity contribution in [1.82, 2.24) is 10.2 Å². The molecule has 0 spiro atoms. The van der Waals surface area contributed by atoms with Gasteiger partial charge in [-0.15, -0.1) is 0 Å². The van der Waals surface area contributed by atoms with E-state index in [0.29, 0.717) is 59.0 Å². The zero-order valence-corrected chi connectivity index (χ0v) is 28.1. The van der Waals surface area contributed by atoms with Crippen LogP contribution >= 0.6 is 0 Å². The highest BCUT2D eigenvalue weighted by atomic mass is 32.2. The molecule has 3 N–H and O–H groups in total. The number of benzene rings is 3. The van der Waals surface area contributed by atoms with Gasteiger partial charge in [-0.3, -0.25) is 14.9 Å². The minimum atomic E-state index is -3.76. The molecule has 250 valence electrons. The molecule has 47 heavy (non-hydrogen) atoms. The van der Waals surface area contributed by atoms with Gasteiger partial charge < -0.3 is 29.7 Å². The van der Waals surface area contributed by atoms with Crippen molar-refractivity contribution in [3.8, 4) is 11.5 Å². The maximum Gasteiger partial charge on any atom is 0.411 e. The van der Waals surface area contributed by atoms with Crippen LogP contribution in [-0.2, 0) is 19.4 Å². The molecule has 2 unspecified atom stereocenters. The predicted molar refractivity (Wildman–Crippen MR) is 177 cm³/mol. The fraction of sp³-hybridized carbons (Fsp3) is 0.382. The van der Waals surface area contributed by atoms with Crippen LogP contribution in [0.5, 0.6) is 11.5 Å². The first-order valence-electron chi connectivity index (χ1n) is 15.4. The van der Waals surface area contributed by atoms with Gasteiger partial charge in [0.05, 0.1) is 43.6 Å². The molecule has 13 heteroatoms. The van der Waals surface area contributed by atoms with Crippen LogP contribution in [0.25, 0.3) is 0 Å². The van der Waals surface area contributed by atoms with Crippen molar-refractivity contribution in [2.75, 3.05) is 38.5 Å².